The molecular weight excluding hydrogens is 502 g/mol. The highest BCUT2D eigenvalue weighted by molar-refractivity contribution is 7.86. The first kappa shape index (κ1) is 28.8. The Bertz CT molecular complexity index is 1000. The molecular formula is C30H51NO6S. The molecule has 0 aromatic heterocycles. The van der Waals surface area contributed by atoms with E-state index in [1.165, 1.54) is 0 Å². The molecule has 7 nitrogen and oxygen atoms in total. The second-order valence-corrected chi connectivity index (χ2v) is 16.2. The smallest absolute Gasteiger partial charge is 0.269 e. The number of fused-ring (bicyclic) bond motifs is 5. The Hall–Kier alpha value is -0.700. The average Bonchev–Trinajstić information content (AvgIpc) is 3.22. The van der Waals surface area contributed by atoms with Crippen LogP contribution in [0.5, 0.6) is 0 Å². The van der Waals surface area contributed by atoms with Crippen LogP contribution in [0.4, 0.5) is 0 Å². The quantitative estimate of drug-likeness (QED) is 0.431. The Morgan fingerprint density at radius 2 is 1.79 bits per heavy atom. The van der Waals surface area contributed by atoms with Crippen LogP contribution in [0.3, 0.4) is 0 Å². The van der Waals surface area contributed by atoms with Crippen molar-refractivity contribution in [3.05, 3.63) is 0 Å². The Labute approximate surface area is 229 Å². The van der Waals surface area contributed by atoms with Crippen LogP contribution < -0.4 is 0 Å². The summed E-state index contributed by atoms with van der Waals surface area (Å²) in [5, 5.41) is 21.0. The van der Waals surface area contributed by atoms with Crippen molar-refractivity contribution in [1.29, 1.82) is 0 Å². The maximum atomic E-state index is 13.0. The van der Waals surface area contributed by atoms with Crippen molar-refractivity contribution in [2.24, 2.45) is 52.3 Å². The van der Waals surface area contributed by atoms with E-state index in [0.717, 1.165) is 51.4 Å². The normalized spacial score (nSPS) is 48.1. The predicted molar refractivity (Wildman–Crippen MR) is 147 cm³/mol. The van der Waals surface area contributed by atoms with Crippen LogP contribution in [0.15, 0.2) is 0 Å². The van der Waals surface area contributed by atoms with Gasteiger partial charge in [-0.3, -0.25) is 9.35 Å². The Balaban J connectivity index is 1.26. The number of hydrogen-bond donors (Lipinski definition) is 3. The van der Waals surface area contributed by atoms with Gasteiger partial charge in [0.05, 0.1) is 12.2 Å². The van der Waals surface area contributed by atoms with Crippen molar-refractivity contribution in [2.75, 3.05) is 13.1 Å². The Morgan fingerprint density at radius 3 is 2.50 bits per heavy atom. The minimum atomic E-state index is -4.12. The molecule has 0 aromatic rings. The molecule has 5 aliphatic rings. The third-order valence-corrected chi connectivity index (χ3v) is 14.2. The van der Waals surface area contributed by atoms with Crippen molar-refractivity contribution in [2.45, 2.75) is 116 Å². The summed E-state index contributed by atoms with van der Waals surface area (Å²) in [6.45, 7) is 10.3. The van der Waals surface area contributed by atoms with Gasteiger partial charge in [-0.2, -0.15) is 8.42 Å². The van der Waals surface area contributed by atoms with E-state index in [1.807, 2.05) is 0 Å². The molecule has 1 amide bonds. The number of rotatable bonds is 5. The standard InChI is InChI=1S/C30H51NO6S/c1-18(7-10-27(34)31-13-5-6-22(17-31)38(35,36)37)23-8-9-24-28-25(14-19(2)30(23,24)4)29(3)12-11-21(32)15-20(29)16-26(28)33/h18-26,28,32-33H,5-17H2,1-4H3,(H,35,36,37). The number of amides is 1. The largest absolute Gasteiger partial charge is 0.393 e. The minimum Gasteiger partial charge on any atom is -0.393 e. The summed E-state index contributed by atoms with van der Waals surface area (Å²) < 4.78 is 32.7. The van der Waals surface area contributed by atoms with Gasteiger partial charge in [-0.05, 0) is 116 Å². The van der Waals surface area contributed by atoms with E-state index in [0.29, 0.717) is 67.2 Å². The Morgan fingerprint density at radius 1 is 1.05 bits per heavy atom. The van der Waals surface area contributed by atoms with Crippen LogP contribution in [-0.4, -0.2) is 64.5 Å². The predicted octanol–water partition coefficient (Wildman–Crippen LogP) is 4.52. The van der Waals surface area contributed by atoms with Gasteiger partial charge in [0.25, 0.3) is 10.1 Å². The van der Waals surface area contributed by atoms with Crippen molar-refractivity contribution in [3.8, 4) is 0 Å². The van der Waals surface area contributed by atoms with Gasteiger partial charge in [0.15, 0.2) is 0 Å². The van der Waals surface area contributed by atoms with E-state index in [1.54, 1.807) is 4.90 Å². The molecule has 38 heavy (non-hydrogen) atoms. The maximum absolute atomic E-state index is 13.0. The lowest BCUT2D eigenvalue weighted by molar-refractivity contribution is -0.189. The van der Waals surface area contributed by atoms with Crippen LogP contribution in [-0.2, 0) is 14.9 Å². The molecule has 12 atom stereocenters. The molecule has 5 rings (SSSR count). The zero-order chi connectivity index (χ0) is 27.6. The molecule has 0 radical (unpaired) electrons. The van der Waals surface area contributed by atoms with Gasteiger partial charge in [-0.1, -0.05) is 27.7 Å². The summed E-state index contributed by atoms with van der Waals surface area (Å²) in [6.07, 6.45) is 8.77. The first-order valence-electron chi connectivity index (χ1n) is 15.4. The molecule has 5 fully saturated rings. The molecule has 3 N–H and O–H groups in total. The molecule has 1 aliphatic heterocycles. The van der Waals surface area contributed by atoms with Gasteiger partial charge in [0, 0.05) is 19.5 Å². The second-order valence-electron chi connectivity index (χ2n) is 14.5. The molecule has 4 saturated carbocycles. The highest BCUT2D eigenvalue weighted by atomic mass is 32.2. The maximum Gasteiger partial charge on any atom is 0.269 e. The fraction of sp³-hybridized carbons (Fsp3) is 0.967. The Kier molecular flexibility index (Phi) is 7.80. The van der Waals surface area contributed by atoms with Crippen molar-refractivity contribution in [1.82, 2.24) is 4.90 Å². The first-order chi connectivity index (χ1) is 17.8. The molecule has 12 unspecified atom stereocenters. The summed E-state index contributed by atoms with van der Waals surface area (Å²) in [6, 6.07) is 0. The van der Waals surface area contributed by atoms with E-state index in [2.05, 4.69) is 27.7 Å². The first-order valence-corrected chi connectivity index (χ1v) is 16.9. The average molecular weight is 554 g/mol. The number of carbonyl (C=O) groups is 1. The van der Waals surface area contributed by atoms with Crippen LogP contribution in [0.1, 0.15) is 98.3 Å². The number of aliphatic hydroxyl groups is 2. The monoisotopic (exact) mass is 553 g/mol. The fourth-order valence-corrected chi connectivity index (χ4v) is 11.5. The SMILES string of the molecule is CC(CCC(=O)N1CCCC(S(=O)(=O)O)C1)C1CCC2C3C(O)CC4CC(O)CCC4(C)C3CC(C)C12C. The van der Waals surface area contributed by atoms with E-state index in [4.69, 9.17) is 0 Å². The lowest BCUT2D eigenvalue weighted by Crippen LogP contribution is -2.60. The summed E-state index contributed by atoms with van der Waals surface area (Å²) in [5.41, 5.74) is 0.354. The highest BCUT2D eigenvalue weighted by Gasteiger charge is 2.64. The van der Waals surface area contributed by atoms with E-state index in [9.17, 15) is 28.0 Å². The van der Waals surface area contributed by atoms with Crippen molar-refractivity contribution < 1.29 is 28.0 Å². The number of likely N-dealkylation sites (tertiary alicyclic amines) is 1. The van der Waals surface area contributed by atoms with Crippen molar-refractivity contribution >= 4 is 16.0 Å². The molecule has 1 heterocycles. The van der Waals surface area contributed by atoms with Crippen LogP contribution >= 0.6 is 0 Å². The zero-order valence-corrected chi connectivity index (χ0v) is 24.7. The minimum absolute atomic E-state index is 0.00260. The lowest BCUT2D eigenvalue weighted by Gasteiger charge is -2.64. The van der Waals surface area contributed by atoms with Gasteiger partial charge in [0.1, 0.15) is 5.25 Å². The third-order valence-electron chi connectivity index (χ3n) is 13.0. The van der Waals surface area contributed by atoms with Gasteiger partial charge >= 0.3 is 0 Å². The van der Waals surface area contributed by atoms with Gasteiger partial charge in [0.2, 0.25) is 5.91 Å². The molecule has 0 aromatic carbocycles. The molecule has 0 spiro atoms. The number of carbonyl (C=O) groups excluding carboxylic acids is 1. The van der Waals surface area contributed by atoms with Gasteiger partial charge < -0.3 is 15.1 Å². The van der Waals surface area contributed by atoms with Gasteiger partial charge in [-0.25, -0.2) is 0 Å². The lowest BCUT2D eigenvalue weighted by atomic mass is 9.41. The topological polar surface area (TPSA) is 115 Å². The fourth-order valence-electron chi connectivity index (χ4n) is 10.6. The zero-order valence-electron chi connectivity index (χ0n) is 23.9. The second kappa shape index (κ2) is 10.3. The van der Waals surface area contributed by atoms with Gasteiger partial charge in [-0.15, -0.1) is 0 Å². The van der Waals surface area contributed by atoms with E-state index in [-0.39, 0.29) is 35.5 Å². The van der Waals surface area contributed by atoms with E-state index < -0.39 is 15.4 Å². The molecule has 0 bridgehead atoms. The summed E-state index contributed by atoms with van der Waals surface area (Å²) in [7, 11) is -4.12. The third kappa shape index (κ3) is 4.77. The molecule has 4 aliphatic carbocycles. The molecule has 8 heteroatoms. The van der Waals surface area contributed by atoms with Crippen molar-refractivity contribution in [3.63, 3.8) is 0 Å². The van der Waals surface area contributed by atoms with Crippen LogP contribution in [0.2, 0.25) is 0 Å². The molecule has 1 saturated heterocycles. The number of aliphatic hydroxyl groups excluding tert-OH is 2. The number of nitrogens with zero attached hydrogens (tertiary/aromatic N) is 1. The highest BCUT2D eigenvalue weighted by Crippen LogP contribution is 2.69. The summed E-state index contributed by atoms with van der Waals surface area (Å²) in [5.74, 6) is 3.19. The number of piperidine rings is 1. The summed E-state index contributed by atoms with van der Waals surface area (Å²) >= 11 is 0. The van der Waals surface area contributed by atoms with E-state index >= 15 is 0 Å². The van der Waals surface area contributed by atoms with Crippen LogP contribution in [0, 0.1) is 52.3 Å². The van der Waals surface area contributed by atoms with Crippen LogP contribution in [0.25, 0.3) is 0 Å². The molecule has 218 valence electrons. The summed E-state index contributed by atoms with van der Waals surface area (Å²) in [4.78, 5) is 14.7. The number of hydrogen-bond acceptors (Lipinski definition) is 5.